The molecule has 0 aromatic rings. The van der Waals surface area contributed by atoms with Gasteiger partial charge in [-0.1, -0.05) is 45.4 Å². The Morgan fingerprint density at radius 2 is 1.44 bits per heavy atom. The van der Waals surface area contributed by atoms with Crippen molar-refractivity contribution in [1.82, 2.24) is 10.6 Å². The summed E-state index contributed by atoms with van der Waals surface area (Å²) in [4.78, 5) is 0. The Labute approximate surface area is 117 Å². The minimum atomic E-state index is 0.601. The Balaban J connectivity index is 1.73. The standard InChI is InChI=1S/C15H28N2S/c1-12-8-6-7-11-14(12)17-15(18)16-13-9-4-2-3-5-10-13/h12-14H,2-11H2,1H3,(H2,16,17,18). The first kappa shape index (κ1) is 14.1. The van der Waals surface area contributed by atoms with Gasteiger partial charge in [-0.25, -0.2) is 0 Å². The zero-order chi connectivity index (χ0) is 12.8. The Morgan fingerprint density at radius 1 is 0.833 bits per heavy atom. The van der Waals surface area contributed by atoms with E-state index in [4.69, 9.17) is 12.2 Å². The van der Waals surface area contributed by atoms with Gasteiger partial charge in [0, 0.05) is 12.1 Å². The molecule has 2 unspecified atom stereocenters. The maximum absolute atomic E-state index is 5.49. The molecule has 0 amide bonds. The van der Waals surface area contributed by atoms with Crippen LogP contribution >= 0.6 is 12.2 Å². The molecule has 0 saturated heterocycles. The van der Waals surface area contributed by atoms with Crippen molar-refractivity contribution in [2.75, 3.05) is 0 Å². The quantitative estimate of drug-likeness (QED) is 0.589. The molecule has 0 aromatic carbocycles. The van der Waals surface area contributed by atoms with Crippen molar-refractivity contribution in [2.24, 2.45) is 5.92 Å². The van der Waals surface area contributed by atoms with Crippen LogP contribution in [0.3, 0.4) is 0 Å². The zero-order valence-electron chi connectivity index (χ0n) is 11.7. The molecule has 0 bridgehead atoms. The average molecular weight is 268 g/mol. The molecular weight excluding hydrogens is 240 g/mol. The lowest BCUT2D eigenvalue weighted by Crippen LogP contribution is -2.48. The third-order valence-electron chi connectivity index (χ3n) is 4.62. The van der Waals surface area contributed by atoms with Gasteiger partial charge in [-0.3, -0.25) is 0 Å². The summed E-state index contributed by atoms with van der Waals surface area (Å²) in [6.07, 6.45) is 13.5. The second-order valence-corrected chi connectivity index (χ2v) is 6.58. The highest BCUT2D eigenvalue weighted by atomic mass is 32.1. The fourth-order valence-electron chi connectivity index (χ4n) is 3.35. The predicted octanol–water partition coefficient (Wildman–Crippen LogP) is 3.75. The molecule has 0 radical (unpaired) electrons. The van der Waals surface area contributed by atoms with Gasteiger partial charge in [0.15, 0.2) is 5.11 Å². The van der Waals surface area contributed by atoms with Gasteiger partial charge in [0.25, 0.3) is 0 Å². The fourth-order valence-corrected chi connectivity index (χ4v) is 3.67. The van der Waals surface area contributed by atoms with E-state index < -0.39 is 0 Å². The summed E-state index contributed by atoms with van der Waals surface area (Å²) in [5.74, 6) is 0.771. The van der Waals surface area contributed by atoms with Crippen LogP contribution in [0.15, 0.2) is 0 Å². The van der Waals surface area contributed by atoms with E-state index in [-0.39, 0.29) is 0 Å². The Kier molecular flexibility index (Phi) is 5.74. The number of thiocarbonyl (C=S) groups is 1. The Morgan fingerprint density at radius 3 is 2.11 bits per heavy atom. The predicted molar refractivity (Wildman–Crippen MR) is 81.8 cm³/mol. The number of hydrogen-bond donors (Lipinski definition) is 2. The van der Waals surface area contributed by atoms with Gasteiger partial charge in [-0.15, -0.1) is 0 Å². The molecule has 2 aliphatic rings. The molecule has 18 heavy (non-hydrogen) atoms. The van der Waals surface area contributed by atoms with Crippen molar-refractivity contribution in [3.05, 3.63) is 0 Å². The fraction of sp³-hybridized carbons (Fsp3) is 0.933. The van der Waals surface area contributed by atoms with Crippen LogP contribution in [0, 0.1) is 5.92 Å². The molecular formula is C15H28N2S. The summed E-state index contributed by atoms with van der Waals surface area (Å²) >= 11 is 5.49. The first-order chi connectivity index (χ1) is 8.75. The summed E-state index contributed by atoms with van der Waals surface area (Å²) in [5, 5.41) is 8.01. The lowest BCUT2D eigenvalue weighted by Gasteiger charge is -2.31. The van der Waals surface area contributed by atoms with Gasteiger partial charge in [0.1, 0.15) is 0 Å². The third-order valence-corrected chi connectivity index (χ3v) is 4.85. The highest BCUT2D eigenvalue weighted by Gasteiger charge is 2.22. The molecule has 2 atom stereocenters. The Bertz CT molecular complexity index is 259. The third kappa shape index (κ3) is 4.42. The van der Waals surface area contributed by atoms with Crippen LogP contribution < -0.4 is 10.6 Å². The first-order valence-corrected chi connectivity index (χ1v) is 8.23. The van der Waals surface area contributed by atoms with E-state index in [1.54, 1.807) is 0 Å². The van der Waals surface area contributed by atoms with E-state index >= 15 is 0 Å². The van der Waals surface area contributed by atoms with Crippen molar-refractivity contribution in [3.8, 4) is 0 Å². The molecule has 2 aliphatic carbocycles. The molecule has 2 saturated carbocycles. The van der Waals surface area contributed by atoms with E-state index in [1.807, 2.05) is 0 Å². The average Bonchev–Trinajstić information content (AvgIpc) is 2.61. The molecule has 3 heteroatoms. The molecule has 2 rings (SSSR count). The molecule has 0 heterocycles. The van der Waals surface area contributed by atoms with Crippen LogP contribution in [-0.4, -0.2) is 17.2 Å². The van der Waals surface area contributed by atoms with Gasteiger partial charge < -0.3 is 10.6 Å². The van der Waals surface area contributed by atoms with E-state index in [0.29, 0.717) is 12.1 Å². The first-order valence-electron chi connectivity index (χ1n) is 7.83. The molecule has 2 nitrogen and oxygen atoms in total. The SMILES string of the molecule is CC1CCCCC1NC(=S)NC1CCCCCC1. The second kappa shape index (κ2) is 7.32. The van der Waals surface area contributed by atoms with Crippen molar-refractivity contribution < 1.29 is 0 Å². The van der Waals surface area contributed by atoms with Crippen LogP contribution in [0.2, 0.25) is 0 Å². The van der Waals surface area contributed by atoms with Crippen LogP contribution in [0.25, 0.3) is 0 Å². The van der Waals surface area contributed by atoms with Crippen LogP contribution in [-0.2, 0) is 0 Å². The summed E-state index contributed by atoms with van der Waals surface area (Å²) in [5.41, 5.74) is 0. The van der Waals surface area contributed by atoms with E-state index in [1.165, 1.54) is 64.2 Å². The lowest BCUT2D eigenvalue weighted by molar-refractivity contribution is 0.307. The maximum Gasteiger partial charge on any atom is 0.166 e. The maximum atomic E-state index is 5.49. The van der Waals surface area contributed by atoms with Crippen LogP contribution in [0.5, 0.6) is 0 Å². The number of rotatable bonds is 2. The highest BCUT2D eigenvalue weighted by Crippen LogP contribution is 2.23. The normalized spacial score (nSPS) is 30.5. The van der Waals surface area contributed by atoms with Crippen LogP contribution in [0.4, 0.5) is 0 Å². The summed E-state index contributed by atoms with van der Waals surface area (Å²) in [6, 6.07) is 1.22. The summed E-state index contributed by atoms with van der Waals surface area (Å²) < 4.78 is 0. The van der Waals surface area contributed by atoms with Crippen molar-refractivity contribution >= 4 is 17.3 Å². The minimum Gasteiger partial charge on any atom is -0.360 e. The molecule has 0 aliphatic heterocycles. The van der Waals surface area contributed by atoms with Crippen molar-refractivity contribution in [1.29, 1.82) is 0 Å². The monoisotopic (exact) mass is 268 g/mol. The largest absolute Gasteiger partial charge is 0.360 e. The van der Waals surface area contributed by atoms with Gasteiger partial charge >= 0.3 is 0 Å². The van der Waals surface area contributed by atoms with E-state index in [2.05, 4.69) is 17.6 Å². The molecule has 0 aromatic heterocycles. The van der Waals surface area contributed by atoms with Gasteiger partial charge in [-0.05, 0) is 43.8 Å². The summed E-state index contributed by atoms with van der Waals surface area (Å²) in [7, 11) is 0. The molecule has 2 fully saturated rings. The number of nitrogens with one attached hydrogen (secondary N) is 2. The topological polar surface area (TPSA) is 24.1 Å². The van der Waals surface area contributed by atoms with E-state index in [9.17, 15) is 0 Å². The van der Waals surface area contributed by atoms with Crippen molar-refractivity contribution in [3.63, 3.8) is 0 Å². The molecule has 2 N–H and O–H groups in total. The lowest BCUT2D eigenvalue weighted by atomic mass is 9.86. The van der Waals surface area contributed by atoms with E-state index in [0.717, 1.165) is 11.0 Å². The van der Waals surface area contributed by atoms with Gasteiger partial charge in [0.05, 0.1) is 0 Å². The molecule has 0 spiro atoms. The smallest absolute Gasteiger partial charge is 0.166 e. The van der Waals surface area contributed by atoms with Gasteiger partial charge in [0.2, 0.25) is 0 Å². The van der Waals surface area contributed by atoms with Crippen molar-refractivity contribution in [2.45, 2.75) is 83.2 Å². The highest BCUT2D eigenvalue weighted by molar-refractivity contribution is 7.80. The minimum absolute atomic E-state index is 0.601. The second-order valence-electron chi connectivity index (χ2n) is 6.17. The van der Waals surface area contributed by atoms with Crippen LogP contribution in [0.1, 0.15) is 71.1 Å². The summed E-state index contributed by atoms with van der Waals surface area (Å²) in [6.45, 7) is 2.35. The van der Waals surface area contributed by atoms with Gasteiger partial charge in [-0.2, -0.15) is 0 Å². The molecule has 104 valence electrons. The zero-order valence-corrected chi connectivity index (χ0v) is 12.5. The Hall–Kier alpha value is -0.310. The number of hydrogen-bond acceptors (Lipinski definition) is 1.